The van der Waals surface area contributed by atoms with Crippen molar-refractivity contribution in [3.63, 3.8) is 0 Å². The molecule has 0 nitrogen and oxygen atoms in total. The third-order valence-electron chi connectivity index (χ3n) is 3.68. The molecule has 1 aliphatic carbocycles. The summed E-state index contributed by atoms with van der Waals surface area (Å²) >= 11 is 14.2. The molecule has 0 spiro atoms. The highest BCUT2D eigenvalue weighted by atomic mass is 35.5. The summed E-state index contributed by atoms with van der Waals surface area (Å²) in [6, 6.07) is 4.04. The number of halogens is 2. The van der Waals surface area contributed by atoms with Crippen LogP contribution in [0.1, 0.15) is 49.3 Å². The Morgan fingerprint density at radius 3 is 2.53 bits per heavy atom. The van der Waals surface area contributed by atoms with Crippen LogP contribution in [0.3, 0.4) is 0 Å². The Balaban J connectivity index is 2.21. The van der Waals surface area contributed by atoms with E-state index in [0.717, 1.165) is 4.34 Å². The summed E-state index contributed by atoms with van der Waals surface area (Å²) in [4.78, 5) is 1.24. The molecule has 1 aromatic heterocycles. The van der Waals surface area contributed by atoms with E-state index in [2.05, 4.69) is 13.0 Å². The molecule has 1 aliphatic rings. The Morgan fingerprint density at radius 2 is 2.07 bits per heavy atom. The van der Waals surface area contributed by atoms with Crippen molar-refractivity contribution in [2.24, 2.45) is 5.41 Å². The average molecular weight is 263 g/mol. The van der Waals surface area contributed by atoms with Gasteiger partial charge in [0, 0.05) is 4.88 Å². The molecule has 1 fully saturated rings. The predicted octanol–water partition coefficient (Wildman–Crippen LogP) is 5.65. The fourth-order valence-electron chi connectivity index (χ4n) is 2.63. The summed E-state index contributed by atoms with van der Waals surface area (Å²) in [7, 11) is 0. The molecule has 1 saturated carbocycles. The van der Waals surface area contributed by atoms with Gasteiger partial charge in [0.05, 0.1) is 9.71 Å². The summed E-state index contributed by atoms with van der Waals surface area (Å²) in [6.45, 7) is 2.26. The zero-order valence-electron chi connectivity index (χ0n) is 8.93. The minimum Gasteiger partial charge on any atom is -0.127 e. The smallest absolute Gasteiger partial charge is 0.0931 e. The van der Waals surface area contributed by atoms with E-state index in [0.29, 0.717) is 5.41 Å². The third kappa shape index (κ3) is 2.20. The Morgan fingerprint density at radius 1 is 1.40 bits per heavy atom. The SMILES string of the molecule is CCC1(C(Cl)c2ccc(Cl)s2)CCCC1. The molecule has 1 atom stereocenters. The topological polar surface area (TPSA) is 0 Å². The molecule has 84 valence electrons. The van der Waals surface area contributed by atoms with Gasteiger partial charge < -0.3 is 0 Å². The molecule has 1 unspecified atom stereocenters. The van der Waals surface area contributed by atoms with Gasteiger partial charge in [-0.2, -0.15) is 0 Å². The van der Waals surface area contributed by atoms with Crippen LogP contribution in [-0.4, -0.2) is 0 Å². The second kappa shape index (κ2) is 4.65. The summed E-state index contributed by atoms with van der Waals surface area (Å²) < 4.78 is 0.847. The van der Waals surface area contributed by atoms with E-state index < -0.39 is 0 Å². The van der Waals surface area contributed by atoms with Crippen LogP contribution < -0.4 is 0 Å². The van der Waals surface area contributed by atoms with Crippen LogP contribution in [0, 0.1) is 5.41 Å². The maximum Gasteiger partial charge on any atom is 0.0931 e. The van der Waals surface area contributed by atoms with Crippen LogP contribution in [-0.2, 0) is 0 Å². The van der Waals surface area contributed by atoms with Crippen LogP contribution in [0.25, 0.3) is 0 Å². The van der Waals surface area contributed by atoms with Crippen molar-refractivity contribution in [3.8, 4) is 0 Å². The van der Waals surface area contributed by atoms with Gasteiger partial charge in [0.1, 0.15) is 0 Å². The molecule has 0 amide bonds. The van der Waals surface area contributed by atoms with Crippen molar-refractivity contribution >= 4 is 34.5 Å². The van der Waals surface area contributed by atoms with Gasteiger partial charge in [0.2, 0.25) is 0 Å². The van der Waals surface area contributed by atoms with Crippen LogP contribution in [0.5, 0.6) is 0 Å². The van der Waals surface area contributed by atoms with Crippen LogP contribution >= 0.6 is 34.5 Å². The molecule has 0 bridgehead atoms. The van der Waals surface area contributed by atoms with E-state index >= 15 is 0 Å². The quantitative estimate of drug-likeness (QED) is 0.618. The van der Waals surface area contributed by atoms with E-state index in [-0.39, 0.29) is 5.38 Å². The van der Waals surface area contributed by atoms with Crippen molar-refractivity contribution in [3.05, 3.63) is 21.3 Å². The summed E-state index contributed by atoms with van der Waals surface area (Å²) in [6.07, 6.45) is 6.38. The Hall–Kier alpha value is 0.280. The lowest BCUT2D eigenvalue weighted by atomic mass is 9.79. The zero-order chi connectivity index (χ0) is 10.9. The molecule has 0 aromatic carbocycles. The molecule has 15 heavy (non-hydrogen) atoms. The number of rotatable bonds is 3. The van der Waals surface area contributed by atoms with Gasteiger partial charge in [-0.15, -0.1) is 22.9 Å². The van der Waals surface area contributed by atoms with Gasteiger partial charge >= 0.3 is 0 Å². The Kier molecular flexibility index (Phi) is 3.64. The van der Waals surface area contributed by atoms with Gasteiger partial charge in [-0.05, 0) is 36.8 Å². The van der Waals surface area contributed by atoms with Crippen LogP contribution in [0.4, 0.5) is 0 Å². The van der Waals surface area contributed by atoms with Gasteiger partial charge in [-0.3, -0.25) is 0 Å². The van der Waals surface area contributed by atoms with Crippen molar-refractivity contribution in [2.75, 3.05) is 0 Å². The lowest BCUT2D eigenvalue weighted by Gasteiger charge is -2.32. The summed E-state index contributed by atoms with van der Waals surface area (Å²) in [5.74, 6) is 0. The van der Waals surface area contributed by atoms with E-state index in [1.54, 1.807) is 11.3 Å². The standard InChI is InChI=1S/C12H16Cl2S/c1-2-12(7-3-4-8-12)11(14)9-5-6-10(13)15-9/h5-6,11H,2-4,7-8H2,1H3. The first-order valence-corrected chi connectivity index (χ1v) is 7.20. The third-order valence-corrected chi connectivity index (χ3v) is 5.81. The summed E-state index contributed by atoms with van der Waals surface area (Å²) in [5.41, 5.74) is 0.329. The van der Waals surface area contributed by atoms with Crippen molar-refractivity contribution < 1.29 is 0 Å². The normalized spacial score (nSPS) is 21.8. The molecule has 0 N–H and O–H groups in total. The first-order valence-electron chi connectivity index (χ1n) is 5.57. The van der Waals surface area contributed by atoms with E-state index in [1.807, 2.05) is 6.07 Å². The van der Waals surface area contributed by atoms with Crippen LogP contribution in [0.2, 0.25) is 4.34 Å². The van der Waals surface area contributed by atoms with Crippen molar-refractivity contribution in [2.45, 2.75) is 44.4 Å². The monoisotopic (exact) mass is 262 g/mol. The lowest BCUT2D eigenvalue weighted by molar-refractivity contribution is 0.273. The highest BCUT2D eigenvalue weighted by Gasteiger charge is 2.40. The Bertz CT molecular complexity index is 326. The molecule has 1 heterocycles. The fraction of sp³-hybridized carbons (Fsp3) is 0.667. The summed E-state index contributed by atoms with van der Waals surface area (Å²) in [5, 5.41) is 0.155. The average Bonchev–Trinajstić information content (AvgIpc) is 2.86. The van der Waals surface area contributed by atoms with Crippen molar-refractivity contribution in [1.82, 2.24) is 0 Å². The van der Waals surface area contributed by atoms with E-state index in [4.69, 9.17) is 23.2 Å². The number of thiophene rings is 1. The molecular formula is C12H16Cl2S. The molecule has 0 radical (unpaired) electrons. The first kappa shape index (κ1) is 11.8. The van der Waals surface area contributed by atoms with E-state index in [9.17, 15) is 0 Å². The Labute approximate surface area is 106 Å². The van der Waals surface area contributed by atoms with Gasteiger partial charge in [-0.25, -0.2) is 0 Å². The zero-order valence-corrected chi connectivity index (χ0v) is 11.3. The minimum absolute atomic E-state index is 0.155. The maximum atomic E-state index is 6.63. The number of alkyl halides is 1. The molecular weight excluding hydrogens is 247 g/mol. The van der Waals surface area contributed by atoms with Gasteiger partial charge in [0.15, 0.2) is 0 Å². The second-order valence-electron chi connectivity index (χ2n) is 4.43. The molecule has 2 rings (SSSR count). The van der Waals surface area contributed by atoms with Gasteiger partial charge in [-0.1, -0.05) is 31.4 Å². The molecule has 3 heteroatoms. The molecule has 0 saturated heterocycles. The van der Waals surface area contributed by atoms with Crippen molar-refractivity contribution in [1.29, 1.82) is 0 Å². The molecule has 1 aromatic rings. The maximum absolute atomic E-state index is 6.63. The highest BCUT2D eigenvalue weighted by Crippen LogP contribution is 2.54. The first-order chi connectivity index (χ1) is 7.18. The predicted molar refractivity (Wildman–Crippen MR) is 69.1 cm³/mol. The lowest BCUT2D eigenvalue weighted by Crippen LogP contribution is -2.20. The van der Waals surface area contributed by atoms with E-state index in [1.165, 1.54) is 37.0 Å². The number of hydrogen-bond donors (Lipinski definition) is 0. The largest absolute Gasteiger partial charge is 0.127 e. The second-order valence-corrected chi connectivity index (χ2v) is 6.61. The molecule has 0 aliphatic heterocycles. The van der Waals surface area contributed by atoms with Gasteiger partial charge in [0.25, 0.3) is 0 Å². The minimum atomic E-state index is 0.155. The van der Waals surface area contributed by atoms with Crippen LogP contribution in [0.15, 0.2) is 12.1 Å². The highest BCUT2D eigenvalue weighted by molar-refractivity contribution is 7.16. The number of hydrogen-bond acceptors (Lipinski definition) is 1. The fourth-order valence-corrected chi connectivity index (χ4v) is 4.39.